The lowest BCUT2D eigenvalue weighted by Crippen LogP contribution is -2.18. The number of hydrogen-bond donors (Lipinski definition) is 1. The van der Waals surface area contributed by atoms with Crippen molar-refractivity contribution >= 4 is 11.6 Å². The van der Waals surface area contributed by atoms with E-state index in [9.17, 15) is 5.11 Å². The summed E-state index contributed by atoms with van der Waals surface area (Å²) in [6.07, 6.45) is 2.04. The minimum Gasteiger partial charge on any atom is -0.396 e. The summed E-state index contributed by atoms with van der Waals surface area (Å²) in [5.41, 5.74) is 1.25. The molecule has 0 amide bonds. The largest absolute Gasteiger partial charge is 0.396 e. The summed E-state index contributed by atoms with van der Waals surface area (Å²) in [4.78, 5) is 0. The molecule has 1 nitrogen and oxygen atoms in total. The lowest BCUT2D eigenvalue weighted by atomic mass is 9.87. The smallest absolute Gasteiger partial charge is 0.0464 e. The van der Waals surface area contributed by atoms with Gasteiger partial charge in [0.25, 0.3) is 0 Å². The van der Waals surface area contributed by atoms with Crippen LogP contribution in [0.4, 0.5) is 0 Å². The Kier molecular flexibility index (Phi) is 5.13. The Bertz CT molecular complexity index is 281. The van der Waals surface area contributed by atoms with Crippen molar-refractivity contribution in [1.82, 2.24) is 0 Å². The van der Waals surface area contributed by atoms with Crippen LogP contribution in [0.1, 0.15) is 25.8 Å². The quantitative estimate of drug-likeness (QED) is 0.815. The van der Waals surface area contributed by atoms with Gasteiger partial charge >= 0.3 is 0 Å². The zero-order valence-corrected chi connectivity index (χ0v) is 10.2. The Hall–Kier alpha value is -0.530. The highest BCUT2D eigenvalue weighted by Crippen LogP contribution is 2.20. The van der Waals surface area contributed by atoms with E-state index in [4.69, 9.17) is 11.6 Å². The number of halogens is 1. The Morgan fingerprint density at radius 1 is 1.27 bits per heavy atom. The molecule has 0 aliphatic rings. The standard InChI is InChI=1S/C13H19ClO/c1-3-10(2)12(9-15)8-11-4-6-13(14)7-5-11/h4-7,10,12,15H,3,8-9H2,1-2H3. The zero-order valence-electron chi connectivity index (χ0n) is 9.41. The van der Waals surface area contributed by atoms with Gasteiger partial charge in [-0.2, -0.15) is 0 Å². The Labute approximate surface area is 97.1 Å². The predicted molar refractivity (Wildman–Crippen MR) is 65.2 cm³/mol. The normalized spacial score (nSPS) is 14.9. The average molecular weight is 227 g/mol. The summed E-state index contributed by atoms with van der Waals surface area (Å²) < 4.78 is 0. The van der Waals surface area contributed by atoms with Crippen molar-refractivity contribution in [3.8, 4) is 0 Å². The van der Waals surface area contributed by atoms with Gasteiger partial charge in [0.05, 0.1) is 0 Å². The van der Waals surface area contributed by atoms with Crippen LogP contribution in [0.5, 0.6) is 0 Å². The van der Waals surface area contributed by atoms with Crippen LogP contribution in [0.3, 0.4) is 0 Å². The predicted octanol–water partition coefficient (Wildman–Crippen LogP) is 3.54. The molecule has 1 aromatic rings. The van der Waals surface area contributed by atoms with Crippen LogP contribution in [-0.4, -0.2) is 11.7 Å². The van der Waals surface area contributed by atoms with Crippen LogP contribution < -0.4 is 0 Å². The first-order chi connectivity index (χ1) is 7.17. The highest BCUT2D eigenvalue weighted by molar-refractivity contribution is 6.30. The van der Waals surface area contributed by atoms with Crippen LogP contribution in [0, 0.1) is 11.8 Å². The minimum absolute atomic E-state index is 0.262. The molecule has 84 valence electrons. The molecule has 1 aromatic carbocycles. The molecule has 0 aliphatic heterocycles. The van der Waals surface area contributed by atoms with E-state index in [0.29, 0.717) is 11.8 Å². The zero-order chi connectivity index (χ0) is 11.3. The third kappa shape index (κ3) is 3.84. The van der Waals surface area contributed by atoms with Crippen LogP contribution in [0.15, 0.2) is 24.3 Å². The molecular formula is C13H19ClO. The number of aliphatic hydroxyl groups is 1. The molecule has 0 saturated carbocycles. The molecule has 0 fully saturated rings. The van der Waals surface area contributed by atoms with Gasteiger partial charge in [0.1, 0.15) is 0 Å². The van der Waals surface area contributed by atoms with Gasteiger partial charge in [0.15, 0.2) is 0 Å². The molecule has 2 unspecified atom stereocenters. The van der Waals surface area contributed by atoms with Gasteiger partial charge in [-0.3, -0.25) is 0 Å². The van der Waals surface area contributed by atoms with E-state index in [1.54, 1.807) is 0 Å². The first-order valence-electron chi connectivity index (χ1n) is 5.52. The van der Waals surface area contributed by atoms with E-state index in [1.807, 2.05) is 24.3 Å². The molecule has 2 atom stereocenters. The highest BCUT2D eigenvalue weighted by atomic mass is 35.5. The first kappa shape index (κ1) is 12.5. The molecule has 15 heavy (non-hydrogen) atoms. The molecule has 2 heteroatoms. The maximum Gasteiger partial charge on any atom is 0.0464 e. The maximum atomic E-state index is 9.32. The van der Waals surface area contributed by atoms with E-state index in [1.165, 1.54) is 5.56 Å². The molecule has 1 rings (SSSR count). The fraction of sp³-hybridized carbons (Fsp3) is 0.538. The second-order valence-corrected chi connectivity index (χ2v) is 4.60. The number of benzene rings is 1. The maximum absolute atomic E-state index is 9.32. The van der Waals surface area contributed by atoms with Crippen molar-refractivity contribution in [3.05, 3.63) is 34.9 Å². The Balaban J connectivity index is 2.62. The van der Waals surface area contributed by atoms with E-state index in [2.05, 4.69) is 13.8 Å². The SMILES string of the molecule is CCC(C)C(CO)Cc1ccc(Cl)cc1. The summed E-state index contributed by atoms with van der Waals surface area (Å²) in [6.45, 7) is 4.61. The van der Waals surface area contributed by atoms with Crippen molar-refractivity contribution in [2.45, 2.75) is 26.7 Å². The molecule has 0 heterocycles. The third-order valence-corrected chi connectivity index (χ3v) is 3.35. The minimum atomic E-state index is 0.262. The first-order valence-corrected chi connectivity index (χ1v) is 5.90. The number of hydrogen-bond acceptors (Lipinski definition) is 1. The average Bonchev–Trinajstić information content (AvgIpc) is 2.27. The second-order valence-electron chi connectivity index (χ2n) is 4.16. The third-order valence-electron chi connectivity index (χ3n) is 3.09. The van der Waals surface area contributed by atoms with Gasteiger partial charge in [-0.1, -0.05) is 44.0 Å². The van der Waals surface area contributed by atoms with Gasteiger partial charge in [-0.05, 0) is 36.0 Å². The number of rotatable bonds is 5. The van der Waals surface area contributed by atoms with Gasteiger partial charge in [0, 0.05) is 11.6 Å². The summed E-state index contributed by atoms with van der Waals surface area (Å²) >= 11 is 5.82. The van der Waals surface area contributed by atoms with E-state index < -0.39 is 0 Å². The molecule has 0 aliphatic carbocycles. The summed E-state index contributed by atoms with van der Waals surface area (Å²) in [6, 6.07) is 7.88. The van der Waals surface area contributed by atoms with Crippen LogP contribution in [0.2, 0.25) is 5.02 Å². The fourth-order valence-corrected chi connectivity index (χ4v) is 1.83. The van der Waals surface area contributed by atoms with Gasteiger partial charge < -0.3 is 5.11 Å². The van der Waals surface area contributed by atoms with E-state index in [-0.39, 0.29) is 6.61 Å². The lowest BCUT2D eigenvalue weighted by molar-refractivity contribution is 0.179. The van der Waals surface area contributed by atoms with Crippen molar-refractivity contribution < 1.29 is 5.11 Å². The van der Waals surface area contributed by atoms with E-state index in [0.717, 1.165) is 17.9 Å². The van der Waals surface area contributed by atoms with Gasteiger partial charge in [-0.15, -0.1) is 0 Å². The summed E-state index contributed by atoms with van der Waals surface area (Å²) in [5, 5.41) is 10.1. The molecule has 0 spiro atoms. The fourth-order valence-electron chi connectivity index (χ4n) is 1.70. The Morgan fingerprint density at radius 3 is 2.33 bits per heavy atom. The molecule has 0 radical (unpaired) electrons. The number of aliphatic hydroxyl groups excluding tert-OH is 1. The molecule has 0 aromatic heterocycles. The van der Waals surface area contributed by atoms with Crippen molar-refractivity contribution in [2.24, 2.45) is 11.8 Å². The van der Waals surface area contributed by atoms with Crippen LogP contribution in [0.25, 0.3) is 0 Å². The molecule has 0 bridgehead atoms. The lowest BCUT2D eigenvalue weighted by Gasteiger charge is -2.20. The van der Waals surface area contributed by atoms with Gasteiger partial charge in [-0.25, -0.2) is 0 Å². The van der Waals surface area contributed by atoms with Crippen molar-refractivity contribution in [3.63, 3.8) is 0 Å². The topological polar surface area (TPSA) is 20.2 Å². The molecule has 0 saturated heterocycles. The summed E-state index contributed by atoms with van der Waals surface area (Å²) in [5.74, 6) is 0.918. The highest BCUT2D eigenvalue weighted by Gasteiger charge is 2.15. The summed E-state index contributed by atoms with van der Waals surface area (Å²) in [7, 11) is 0. The van der Waals surface area contributed by atoms with Gasteiger partial charge in [0.2, 0.25) is 0 Å². The van der Waals surface area contributed by atoms with Crippen molar-refractivity contribution in [2.75, 3.05) is 6.61 Å². The van der Waals surface area contributed by atoms with E-state index >= 15 is 0 Å². The second kappa shape index (κ2) is 6.14. The Morgan fingerprint density at radius 2 is 1.87 bits per heavy atom. The molecule has 1 N–H and O–H groups in total. The van der Waals surface area contributed by atoms with Crippen LogP contribution in [-0.2, 0) is 6.42 Å². The van der Waals surface area contributed by atoms with Crippen molar-refractivity contribution in [1.29, 1.82) is 0 Å². The van der Waals surface area contributed by atoms with Crippen LogP contribution >= 0.6 is 11.6 Å². The molecular weight excluding hydrogens is 208 g/mol. The monoisotopic (exact) mass is 226 g/mol.